The number of ether oxygens (including phenoxy) is 1. The molecule has 7 heteroatoms. The molecule has 0 unspecified atom stereocenters. The average Bonchev–Trinajstić information content (AvgIpc) is 2.77. The van der Waals surface area contributed by atoms with Gasteiger partial charge in [0.05, 0.1) is 19.8 Å². The second-order valence-electron chi connectivity index (χ2n) is 7.27. The third-order valence-corrected chi connectivity index (χ3v) is 5.06. The van der Waals surface area contributed by atoms with E-state index in [2.05, 4.69) is 44.8 Å². The Morgan fingerprint density at radius 3 is 2.43 bits per heavy atom. The van der Waals surface area contributed by atoms with Gasteiger partial charge in [0.1, 0.15) is 0 Å². The monoisotopic (exact) mass is 409 g/mol. The molecule has 0 aromatic heterocycles. The third-order valence-electron chi connectivity index (χ3n) is 5.06. The highest BCUT2D eigenvalue weighted by Gasteiger charge is 2.12. The van der Waals surface area contributed by atoms with Crippen LogP contribution in [0.4, 0.5) is 0 Å². The third kappa shape index (κ3) is 6.57. The number of carbonyl (C=O) groups is 1. The van der Waals surface area contributed by atoms with Crippen LogP contribution in [0.15, 0.2) is 53.5 Å². The summed E-state index contributed by atoms with van der Waals surface area (Å²) < 4.78 is 5.45. The lowest BCUT2D eigenvalue weighted by Crippen LogP contribution is -2.38. The molecule has 30 heavy (non-hydrogen) atoms. The number of primary amides is 1. The summed E-state index contributed by atoms with van der Waals surface area (Å²) in [5.41, 5.74) is 9.41. The molecule has 7 nitrogen and oxygen atoms in total. The average molecular weight is 410 g/mol. The van der Waals surface area contributed by atoms with Gasteiger partial charge in [-0.1, -0.05) is 36.4 Å². The first-order valence-electron chi connectivity index (χ1n) is 10.4. The summed E-state index contributed by atoms with van der Waals surface area (Å²) in [4.78, 5) is 18.3. The van der Waals surface area contributed by atoms with Crippen molar-refractivity contribution in [2.24, 2.45) is 10.7 Å². The van der Waals surface area contributed by atoms with Gasteiger partial charge in [-0.25, -0.2) is 4.99 Å². The van der Waals surface area contributed by atoms with Gasteiger partial charge in [0.15, 0.2) is 5.96 Å². The van der Waals surface area contributed by atoms with Crippen molar-refractivity contribution in [3.8, 4) is 0 Å². The molecule has 0 radical (unpaired) electrons. The number of aliphatic imine (C=N–C) groups is 1. The van der Waals surface area contributed by atoms with Crippen molar-refractivity contribution in [2.45, 2.75) is 26.6 Å². The molecule has 1 aliphatic heterocycles. The first kappa shape index (κ1) is 21.8. The quantitative estimate of drug-likeness (QED) is 0.457. The normalized spacial score (nSPS) is 15.0. The minimum atomic E-state index is -0.421. The van der Waals surface area contributed by atoms with Crippen molar-refractivity contribution in [3.05, 3.63) is 70.8 Å². The van der Waals surface area contributed by atoms with Gasteiger partial charge in [-0.15, -0.1) is 0 Å². The van der Waals surface area contributed by atoms with Crippen molar-refractivity contribution in [2.75, 3.05) is 32.8 Å². The minimum absolute atomic E-state index is 0.421. The summed E-state index contributed by atoms with van der Waals surface area (Å²) in [5, 5.41) is 6.73. The Hall–Kier alpha value is -2.90. The fraction of sp³-hybridized carbons (Fsp3) is 0.391. The molecule has 0 atom stereocenters. The van der Waals surface area contributed by atoms with Crippen LogP contribution in [0, 0.1) is 0 Å². The maximum absolute atomic E-state index is 11.2. The van der Waals surface area contributed by atoms with Gasteiger partial charge in [-0.2, -0.15) is 0 Å². The van der Waals surface area contributed by atoms with Crippen LogP contribution in [-0.2, 0) is 24.4 Å². The first-order chi connectivity index (χ1) is 14.7. The number of amides is 1. The van der Waals surface area contributed by atoms with Gasteiger partial charge < -0.3 is 21.1 Å². The topological polar surface area (TPSA) is 92.0 Å². The van der Waals surface area contributed by atoms with Crippen LogP contribution < -0.4 is 16.4 Å². The largest absolute Gasteiger partial charge is 0.379 e. The zero-order valence-electron chi connectivity index (χ0n) is 17.6. The zero-order valence-corrected chi connectivity index (χ0v) is 17.6. The lowest BCUT2D eigenvalue weighted by atomic mass is 10.1. The van der Waals surface area contributed by atoms with Gasteiger partial charge in [0.25, 0.3) is 0 Å². The molecule has 1 amide bonds. The molecule has 160 valence electrons. The van der Waals surface area contributed by atoms with Crippen LogP contribution in [0.5, 0.6) is 0 Å². The van der Waals surface area contributed by atoms with Crippen molar-refractivity contribution >= 4 is 11.9 Å². The Morgan fingerprint density at radius 1 is 1.07 bits per heavy atom. The zero-order chi connectivity index (χ0) is 21.2. The van der Waals surface area contributed by atoms with E-state index >= 15 is 0 Å². The SMILES string of the molecule is CCNC(=NCc1ccc(C(N)=O)cc1)NCc1ccccc1CN1CCOCC1. The van der Waals surface area contributed by atoms with Crippen LogP contribution in [0.2, 0.25) is 0 Å². The van der Waals surface area contributed by atoms with Crippen molar-refractivity contribution in [1.29, 1.82) is 0 Å². The molecule has 1 fully saturated rings. The van der Waals surface area contributed by atoms with Crippen molar-refractivity contribution < 1.29 is 9.53 Å². The number of morpholine rings is 1. The smallest absolute Gasteiger partial charge is 0.248 e. The predicted octanol–water partition coefficient (Wildman–Crippen LogP) is 1.87. The Bertz CT molecular complexity index is 845. The van der Waals surface area contributed by atoms with E-state index in [-0.39, 0.29) is 0 Å². The number of rotatable bonds is 8. The van der Waals surface area contributed by atoms with E-state index in [1.165, 1.54) is 11.1 Å². The first-order valence-corrected chi connectivity index (χ1v) is 10.4. The molecule has 1 aliphatic rings. The molecule has 0 bridgehead atoms. The second-order valence-corrected chi connectivity index (χ2v) is 7.27. The summed E-state index contributed by atoms with van der Waals surface area (Å²) in [6.07, 6.45) is 0. The van der Waals surface area contributed by atoms with Gasteiger partial charge in [-0.05, 0) is 35.7 Å². The molecule has 1 saturated heterocycles. The number of nitrogens with two attached hydrogens (primary N) is 1. The summed E-state index contributed by atoms with van der Waals surface area (Å²) in [5.74, 6) is 0.341. The Balaban J connectivity index is 1.61. The lowest BCUT2D eigenvalue weighted by Gasteiger charge is -2.27. The molecular formula is C23H31N5O2. The number of guanidine groups is 1. The number of nitrogens with one attached hydrogen (secondary N) is 2. The van der Waals surface area contributed by atoms with E-state index in [9.17, 15) is 4.79 Å². The molecule has 0 aliphatic carbocycles. The standard InChI is InChI=1S/C23H31N5O2/c1-2-25-23(26-15-18-7-9-19(10-8-18)22(24)29)27-16-20-5-3-4-6-21(20)17-28-11-13-30-14-12-28/h3-10H,2,11-17H2,1H3,(H2,24,29)(H2,25,26,27). The van der Waals surface area contributed by atoms with Gasteiger partial charge in [-0.3, -0.25) is 9.69 Å². The molecular weight excluding hydrogens is 378 g/mol. The van der Waals surface area contributed by atoms with Crippen LogP contribution in [0.1, 0.15) is 34.0 Å². The van der Waals surface area contributed by atoms with Crippen LogP contribution in [-0.4, -0.2) is 49.6 Å². The number of carbonyl (C=O) groups excluding carboxylic acids is 1. The fourth-order valence-corrected chi connectivity index (χ4v) is 3.35. The highest BCUT2D eigenvalue weighted by Crippen LogP contribution is 2.13. The van der Waals surface area contributed by atoms with Crippen molar-refractivity contribution in [1.82, 2.24) is 15.5 Å². The van der Waals surface area contributed by atoms with E-state index in [0.717, 1.165) is 50.9 Å². The Morgan fingerprint density at radius 2 is 1.77 bits per heavy atom. The summed E-state index contributed by atoms with van der Waals surface area (Å²) in [7, 11) is 0. The maximum atomic E-state index is 11.2. The maximum Gasteiger partial charge on any atom is 0.248 e. The number of hydrogen-bond donors (Lipinski definition) is 3. The highest BCUT2D eigenvalue weighted by atomic mass is 16.5. The minimum Gasteiger partial charge on any atom is -0.379 e. The van der Waals surface area contributed by atoms with Gasteiger partial charge >= 0.3 is 0 Å². The van der Waals surface area contributed by atoms with Crippen LogP contribution in [0.25, 0.3) is 0 Å². The van der Waals surface area contributed by atoms with Gasteiger partial charge in [0, 0.05) is 38.3 Å². The van der Waals surface area contributed by atoms with E-state index in [4.69, 9.17) is 10.5 Å². The van der Waals surface area contributed by atoms with Gasteiger partial charge in [0.2, 0.25) is 5.91 Å². The lowest BCUT2D eigenvalue weighted by molar-refractivity contribution is 0.0341. The molecule has 0 spiro atoms. The summed E-state index contributed by atoms with van der Waals surface area (Å²) in [6, 6.07) is 15.7. The second kappa shape index (κ2) is 11.3. The van der Waals surface area contributed by atoms with E-state index < -0.39 is 5.91 Å². The Labute approximate surface area is 178 Å². The molecule has 1 heterocycles. The highest BCUT2D eigenvalue weighted by molar-refractivity contribution is 5.92. The Kier molecular flexibility index (Phi) is 8.23. The number of hydrogen-bond acceptors (Lipinski definition) is 4. The number of nitrogens with zero attached hydrogens (tertiary/aromatic N) is 2. The molecule has 0 saturated carbocycles. The van der Waals surface area contributed by atoms with E-state index in [0.29, 0.717) is 18.7 Å². The fourth-order valence-electron chi connectivity index (χ4n) is 3.35. The molecule has 3 rings (SSSR count). The van der Waals surface area contributed by atoms with Crippen LogP contribution >= 0.6 is 0 Å². The molecule has 4 N–H and O–H groups in total. The van der Waals surface area contributed by atoms with Crippen LogP contribution in [0.3, 0.4) is 0 Å². The van der Waals surface area contributed by atoms with E-state index in [1.807, 2.05) is 19.1 Å². The number of benzene rings is 2. The summed E-state index contributed by atoms with van der Waals surface area (Å²) >= 11 is 0. The van der Waals surface area contributed by atoms with Crippen molar-refractivity contribution in [3.63, 3.8) is 0 Å². The molecule has 2 aromatic carbocycles. The predicted molar refractivity (Wildman–Crippen MR) is 119 cm³/mol. The van der Waals surface area contributed by atoms with E-state index in [1.54, 1.807) is 12.1 Å². The molecule has 2 aromatic rings. The summed E-state index contributed by atoms with van der Waals surface area (Å²) in [6.45, 7) is 8.53.